The van der Waals surface area contributed by atoms with Crippen molar-refractivity contribution in [3.05, 3.63) is 100 Å². The molecule has 0 aromatic heterocycles. The van der Waals surface area contributed by atoms with E-state index in [4.69, 9.17) is 23.2 Å². The van der Waals surface area contributed by atoms with E-state index in [9.17, 15) is 18.0 Å². The lowest BCUT2D eigenvalue weighted by Gasteiger charge is -2.33. The van der Waals surface area contributed by atoms with Crippen molar-refractivity contribution in [2.24, 2.45) is 0 Å². The summed E-state index contributed by atoms with van der Waals surface area (Å²) in [6.07, 6.45) is 2.97. The van der Waals surface area contributed by atoms with E-state index >= 15 is 0 Å². The minimum Gasteiger partial charge on any atom is -0.354 e. The van der Waals surface area contributed by atoms with Crippen LogP contribution < -0.4 is 9.62 Å². The van der Waals surface area contributed by atoms with Gasteiger partial charge in [-0.1, -0.05) is 85.1 Å². The van der Waals surface area contributed by atoms with E-state index in [1.54, 1.807) is 36.4 Å². The Balaban J connectivity index is 2.03. The van der Waals surface area contributed by atoms with Gasteiger partial charge in [-0.3, -0.25) is 13.9 Å². The fourth-order valence-corrected chi connectivity index (χ4v) is 5.26. The number of carbonyl (C=O) groups is 2. The molecule has 0 radical (unpaired) electrons. The van der Waals surface area contributed by atoms with Gasteiger partial charge in [-0.2, -0.15) is 0 Å². The van der Waals surface area contributed by atoms with Crippen LogP contribution in [-0.2, 0) is 32.6 Å². The maximum absolute atomic E-state index is 14.0. The molecule has 1 atom stereocenters. The molecular formula is C29H33Cl2N3O4S. The second-order valence-corrected chi connectivity index (χ2v) is 12.0. The number of carbonyl (C=O) groups excluding carboxylic acids is 2. The first-order chi connectivity index (χ1) is 18.6. The molecule has 0 spiro atoms. The van der Waals surface area contributed by atoms with Gasteiger partial charge in [0.05, 0.1) is 11.9 Å². The Hall–Kier alpha value is -3.07. The molecule has 3 aromatic carbocycles. The molecule has 0 aliphatic carbocycles. The fraction of sp³-hybridized carbons (Fsp3) is 0.310. The highest BCUT2D eigenvalue weighted by molar-refractivity contribution is 7.92. The summed E-state index contributed by atoms with van der Waals surface area (Å²) in [7, 11) is -3.85. The molecule has 3 rings (SSSR count). The quantitative estimate of drug-likeness (QED) is 0.273. The normalized spacial score (nSPS) is 12.0. The van der Waals surface area contributed by atoms with E-state index in [1.165, 1.54) is 17.0 Å². The number of sulfonamides is 1. The first-order valence-electron chi connectivity index (χ1n) is 12.7. The summed E-state index contributed by atoms with van der Waals surface area (Å²) >= 11 is 12.4. The Morgan fingerprint density at radius 1 is 0.923 bits per heavy atom. The molecular weight excluding hydrogens is 557 g/mol. The summed E-state index contributed by atoms with van der Waals surface area (Å²) in [6, 6.07) is 21.7. The van der Waals surface area contributed by atoms with E-state index < -0.39 is 28.5 Å². The molecule has 10 heteroatoms. The van der Waals surface area contributed by atoms with Crippen LogP contribution in [0.4, 0.5) is 5.69 Å². The van der Waals surface area contributed by atoms with Crippen LogP contribution >= 0.6 is 23.2 Å². The van der Waals surface area contributed by atoms with Gasteiger partial charge in [-0.15, -0.1) is 0 Å². The van der Waals surface area contributed by atoms with Gasteiger partial charge in [0.25, 0.3) is 0 Å². The van der Waals surface area contributed by atoms with E-state index in [-0.39, 0.29) is 18.9 Å². The van der Waals surface area contributed by atoms with Crippen molar-refractivity contribution in [2.45, 2.75) is 38.8 Å². The molecule has 0 saturated carbocycles. The van der Waals surface area contributed by atoms with Gasteiger partial charge < -0.3 is 10.2 Å². The largest absolute Gasteiger partial charge is 0.354 e. The van der Waals surface area contributed by atoms with Crippen molar-refractivity contribution in [3.63, 3.8) is 0 Å². The standard InChI is InChI=1S/C29H33Cl2N3O4S/c1-3-4-18-32-29(36)27(19-22-10-6-5-7-11-22)33(20-23-12-8-9-13-26(23)31)28(35)21-34(39(2,37)38)25-16-14-24(30)15-17-25/h5-17,27H,3-4,18-21H2,1-2H3,(H,32,36). The number of anilines is 1. The first-order valence-corrected chi connectivity index (χ1v) is 15.3. The second-order valence-electron chi connectivity index (χ2n) is 9.21. The lowest BCUT2D eigenvalue weighted by molar-refractivity contribution is -0.140. The number of halogens is 2. The van der Waals surface area contributed by atoms with Crippen LogP contribution in [0.2, 0.25) is 10.0 Å². The van der Waals surface area contributed by atoms with Gasteiger partial charge in [0.15, 0.2) is 0 Å². The number of unbranched alkanes of at least 4 members (excludes halogenated alkanes) is 1. The van der Waals surface area contributed by atoms with E-state index in [2.05, 4.69) is 5.32 Å². The van der Waals surface area contributed by atoms with Crippen LogP contribution in [0.5, 0.6) is 0 Å². The summed E-state index contributed by atoms with van der Waals surface area (Å²) < 4.78 is 26.6. The van der Waals surface area contributed by atoms with Gasteiger partial charge >= 0.3 is 0 Å². The Morgan fingerprint density at radius 2 is 1.56 bits per heavy atom. The van der Waals surface area contributed by atoms with Crippen molar-refractivity contribution in [3.8, 4) is 0 Å². The lowest BCUT2D eigenvalue weighted by Crippen LogP contribution is -2.53. The van der Waals surface area contributed by atoms with Gasteiger partial charge in [0, 0.05) is 29.6 Å². The fourth-order valence-electron chi connectivity index (χ4n) is 4.09. The van der Waals surface area contributed by atoms with E-state index in [0.29, 0.717) is 27.8 Å². The Labute approximate surface area is 240 Å². The lowest BCUT2D eigenvalue weighted by atomic mass is 10.0. The van der Waals surface area contributed by atoms with Gasteiger partial charge in [-0.05, 0) is 47.9 Å². The third-order valence-electron chi connectivity index (χ3n) is 6.19. The maximum atomic E-state index is 14.0. The van der Waals surface area contributed by atoms with E-state index in [1.807, 2.05) is 37.3 Å². The van der Waals surface area contributed by atoms with E-state index in [0.717, 1.165) is 29.0 Å². The molecule has 0 aliphatic heterocycles. The minimum absolute atomic E-state index is 0.0232. The highest BCUT2D eigenvalue weighted by atomic mass is 35.5. The van der Waals surface area contributed by atoms with Crippen molar-refractivity contribution in [2.75, 3.05) is 23.7 Å². The zero-order valence-corrected chi connectivity index (χ0v) is 24.3. The zero-order chi connectivity index (χ0) is 28.4. The van der Waals surface area contributed by atoms with Crippen LogP contribution in [0.15, 0.2) is 78.9 Å². The van der Waals surface area contributed by atoms with Crippen LogP contribution in [0.25, 0.3) is 0 Å². The molecule has 39 heavy (non-hydrogen) atoms. The number of hydrogen-bond acceptors (Lipinski definition) is 4. The number of nitrogens with zero attached hydrogens (tertiary/aromatic N) is 2. The third kappa shape index (κ3) is 8.98. The maximum Gasteiger partial charge on any atom is 0.244 e. The number of rotatable bonds is 13. The minimum atomic E-state index is -3.85. The summed E-state index contributed by atoms with van der Waals surface area (Å²) in [6.45, 7) is 2.01. The van der Waals surface area contributed by atoms with Crippen LogP contribution in [0.1, 0.15) is 30.9 Å². The molecule has 0 saturated heterocycles. The Kier molecular flexibility index (Phi) is 11.2. The molecule has 3 aromatic rings. The van der Waals surface area contributed by atoms with Crippen molar-refractivity contribution >= 4 is 50.7 Å². The van der Waals surface area contributed by atoms with Crippen molar-refractivity contribution in [1.29, 1.82) is 0 Å². The molecule has 208 valence electrons. The molecule has 7 nitrogen and oxygen atoms in total. The first kappa shape index (κ1) is 30.5. The molecule has 0 aliphatic rings. The monoisotopic (exact) mass is 589 g/mol. The van der Waals surface area contributed by atoms with Gasteiger partial charge in [-0.25, -0.2) is 8.42 Å². The molecule has 0 heterocycles. The molecule has 2 amide bonds. The van der Waals surface area contributed by atoms with Gasteiger partial charge in [0.2, 0.25) is 21.8 Å². The molecule has 0 bridgehead atoms. The summed E-state index contributed by atoms with van der Waals surface area (Å²) in [5.41, 5.74) is 1.80. The van der Waals surface area contributed by atoms with Crippen LogP contribution in [0.3, 0.4) is 0 Å². The SMILES string of the molecule is CCCCNC(=O)C(Cc1ccccc1)N(Cc1ccccc1Cl)C(=O)CN(c1ccc(Cl)cc1)S(C)(=O)=O. The Morgan fingerprint density at radius 3 is 2.18 bits per heavy atom. The second kappa shape index (κ2) is 14.4. The number of amides is 2. The molecule has 1 N–H and O–H groups in total. The average Bonchev–Trinajstić information content (AvgIpc) is 2.91. The summed E-state index contributed by atoms with van der Waals surface area (Å²) in [4.78, 5) is 29.0. The number of nitrogens with one attached hydrogen (secondary N) is 1. The summed E-state index contributed by atoms with van der Waals surface area (Å²) in [5, 5.41) is 3.83. The van der Waals surface area contributed by atoms with Crippen LogP contribution in [-0.4, -0.2) is 50.5 Å². The average molecular weight is 591 g/mol. The van der Waals surface area contributed by atoms with Crippen molar-refractivity contribution < 1.29 is 18.0 Å². The van der Waals surface area contributed by atoms with Crippen molar-refractivity contribution in [1.82, 2.24) is 10.2 Å². The predicted octanol–water partition coefficient (Wildman–Crippen LogP) is 5.32. The number of hydrogen-bond donors (Lipinski definition) is 1. The van der Waals surface area contributed by atoms with Crippen LogP contribution in [0, 0.1) is 0 Å². The highest BCUT2D eigenvalue weighted by Gasteiger charge is 2.33. The predicted molar refractivity (Wildman–Crippen MR) is 157 cm³/mol. The molecule has 0 fully saturated rings. The topological polar surface area (TPSA) is 86.8 Å². The smallest absolute Gasteiger partial charge is 0.244 e. The summed E-state index contributed by atoms with van der Waals surface area (Å²) in [5.74, 6) is -0.855. The third-order valence-corrected chi connectivity index (χ3v) is 7.95. The zero-order valence-electron chi connectivity index (χ0n) is 22.0. The molecule has 1 unspecified atom stereocenters. The number of benzene rings is 3. The Bertz CT molecular complexity index is 1350. The van der Waals surface area contributed by atoms with Gasteiger partial charge in [0.1, 0.15) is 12.6 Å². The highest BCUT2D eigenvalue weighted by Crippen LogP contribution is 2.24.